The third-order valence-electron chi connectivity index (χ3n) is 4.05. The fourth-order valence-corrected chi connectivity index (χ4v) is 3.00. The van der Waals surface area contributed by atoms with E-state index in [1.165, 1.54) is 18.5 Å². The summed E-state index contributed by atoms with van der Waals surface area (Å²) in [5, 5.41) is 12.0. The molecular formula is C16H17ClFN7O. The number of hydrogen-bond acceptors (Lipinski definition) is 6. The van der Waals surface area contributed by atoms with E-state index < -0.39 is 5.82 Å². The van der Waals surface area contributed by atoms with Gasteiger partial charge in [-0.25, -0.2) is 23.7 Å². The zero-order valence-electron chi connectivity index (χ0n) is 13.8. The Bertz CT molecular complexity index is 877. The smallest absolute Gasteiger partial charge is 0.172 e. The molecule has 3 aromatic rings. The number of benzene rings is 1. The molecule has 4 rings (SSSR count). The number of hydrogen-bond donors (Lipinski definition) is 1. The summed E-state index contributed by atoms with van der Waals surface area (Å²) in [6.45, 7) is 2.63. The van der Waals surface area contributed by atoms with Crippen LogP contribution in [0.5, 0.6) is 0 Å². The number of rotatable bonds is 5. The molecule has 3 heterocycles. The van der Waals surface area contributed by atoms with Crippen molar-refractivity contribution in [2.45, 2.75) is 19.1 Å². The number of nitrogens with one attached hydrogen (secondary N) is 1. The molecule has 0 spiro atoms. The lowest BCUT2D eigenvalue weighted by Gasteiger charge is -2.23. The first-order valence-electron chi connectivity index (χ1n) is 8.24. The van der Waals surface area contributed by atoms with Crippen LogP contribution in [0.2, 0.25) is 5.02 Å². The Balaban J connectivity index is 1.66. The van der Waals surface area contributed by atoms with Gasteiger partial charge in [0.15, 0.2) is 5.82 Å². The first-order valence-corrected chi connectivity index (χ1v) is 8.62. The highest BCUT2D eigenvalue weighted by Gasteiger charge is 2.20. The van der Waals surface area contributed by atoms with Gasteiger partial charge in [0.25, 0.3) is 0 Å². The molecule has 1 aromatic carbocycles. The highest BCUT2D eigenvalue weighted by molar-refractivity contribution is 6.30. The van der Waals surface area contributed by atoms with Crippen LogP contribution < -0.4 is 5.32 Å². The van der Waals surface area contributed by atoms with Gasteiger partial charge < -0.3 is 10.1 Å². The molecule has 8 nitrogen and oxygen atoms in total. The second-order valence-electron chi connectivity index (χ2n) is 5.95. The Morgan fingerprint density at radius 2 is 2.31 bits per heavy atom. The summed E-state index contributed by atoms with van der Waals surface area (Å²) in [5.41, 5.74) is 0.646. The van der Waals surface area contributed by atoms with E-state index in [1.54, 1.807) is 21.8 Å². The maximum atomic E-state index is 13.5. The average Bonchev–Trinajstić information content (AvgIpc) is 3.29. The molecule has 1 aliphatic rings. The van der Waals surface area contributed by atoms with Crippen molar-refractivity contribution < 1.29 is 9.13 Å². The zero-order chi connectivity index (χ0) is 17.9. The lowest BCUT2D eigenvalue weighted by Crippen LogP contribution is -2.40. The van der Waals surface area contributed by atoms with E-state index in [0.29, 0.717) is 31.1 Å². The van der Waals surface area contributed by atoms with Gasteiger partial charge in [-0.15, -0.1) is 5.10 Å². The van der Waals surface area contributed by atoms with Crippen molar-refractivity contribution in [2.75, 3.05) is 19.7 Å². The number of ether oxygens (including phenoxy) is 1. The van der Waals surface area contributed by atoms with Gasteiger partial charge in [0.05, 0.1) is 23.4 Å². The van der Waals surface area contributed by atoms with Crippen LogP contribution in [-0.2, 0) is 17.7 Å². The molecule has 1 aliphatic heterocycles. The van der Waals surface area contributed by atoms with Crippen LogP contribution in [0.3, 0.4) is 0 Å². The Kier molecular flexibility index (Phi) is 4.91. The van der Waals surface area contributed by atoms with E-state index in [1.807, 2.05) is 0 Å². The molecule has 1 saturated heterocycles. The first-order chi connectivity index (χ1) is 12.7. The molecular weight excluding hydrogens is 361 g/mol. The Labute approximate surface area is 154 Å². The van der Waals surface area contributed by atoms with Crippen molar-refractivity contribution in [3.8, 4) is 5.69 Å². The summed E-state index contributed by atoms with van der Waals surface area (Å²) in [7, 11) is 0. The van der Waals surface area contributed by atoms with Crippen LogP contribution in [0.25, 0.3) is 5.69 Å². The van der Waals surface area contributed by atoms with Crippen LogP contribution in [0, 0.1) is 5.82 Å². The van der Waals surface area contributed by atoms with Gasteiger partial charge in [0, 0.05) is 19.5 Å². The van der Waals surface area contributed by atoms with E-state index in [9.17, 15) is 4.39 Å². The van der Waals surface area contributed by atoms with Crippen molar-refractivity contribution in [1.82, 2.24) is 34.8 Å². The molecule has 136 valence electrons. The van der Waals surface area contributed by atoms with E-state index in [0.717, 1.165) is 18.9 Å². The number of aromatic nitrogens is 6. The van der Waals surface area contributed by atoms with Crippen LogP contribution in [0.1, 0.15) is 11.6 Å². The summed E-state index contributed by atoms with van der Waals surface area (Å²) in [6.07, 6.45) is 3.64. The predicted octanol–water partition coefficient (Wildman–Crippen LogP) is 1.23. The number of morpholine rings is 1. The van der Waals surface area contributed by atoms with Gasteiger partial charge in [-0.2, -0.15) is 5.10 Å². The lowest BCUT2D eigenvalue weighted by atomic mass is 10.2. The van der Waals surface area contributed by atoms with Crippen molar-refractivity contribution in [1.29, 1.82) is 0 Å². The molecule has 0 bridgehead atoms. The second kappa shape index (κ2) is 7.48. The molecule has 0 saturated carbocycles. The molecule has 0 aliphatic carbocycles. The van der Waals surface area contributed by atoms with E-state index in [2.05, 4.69) is 25.5 Å². The standard InChI is InChI=1S/C16H17ClFN7O/c17-13-5-11(1-2-14(13)18)25-16(6-12-7-19-3-4-26-12)22-15(23-25)8-24-10-20-9-21-24/h1-2,5,9-10,12,19H,3-4,6-8H2/t12-/m0/s1. The molecule has 0 unspecified atom stereocenters. The van der Waals surface area contributed by atoms with Crippen molar-refractivity contribution in [3.63, 3.8) is 0 Å². The first kappa shape index (κ1) is 17.1. The largest absolute Gasteiger partial charge is 0.375 e. The highest BCUT2D eigenvalue weighted by Crippen LogP contribution is 2.20. The number of nitrogens with zero attached hydrogens (tertiary/aromatic N) is 6. The Morgan fingerprint density at radius 1 is 1.38 bits per heavy atom. The van der Waals surface area contributed by atoms with Gasteiger partial charge in [0.1, 0.15) is 30.8 Å². The van der Waals surface area contributed by atoms with Gasteiger partial charge in [-0.1, -0.05) is 11.6 Å². The normalized spacial score (nSPS) is 17.5. The monoisotopic (exact) mass is 377 g/mol. The Hall–Kier alpha value is -2.36. The summed E-state index contributed by atoms with van der Waals surface area (Å²) in [4.78, 5) is 8.55. The molecule has 26 heavy (non-hydrogen) atoms. The van der Waals surface area contributed by atoms with Crippen LogP contribution in [-0.4, -0.2) is 55.3 Å². The molecule has 10 heteroatoms. The molecule has 1 atom stereocenters. The molecule has 1 fully saturated rings. The maximum Gasteiger partial charge on any atom is 0.172 e. The van der Waals surface area contributed by atoms with Crippen LogP contribution >= 0.6 is 11.6 Å². The van der Waals surface area contributed by atoms with Gasteiger partial charge in [0.2, 0.25) is 0 Å². The van der Waals surface area contributed by atoms with Gasteiger partial charge in [-0.3, -0.25) is 0 Å². The third kappa shape index (κ3) is 3.74. The van der Waals surface area contributed by atoms with E-state index >= 15 is 0 Å². The topological polar surface area (TPSA) is 82.7 Å². The van der Waals surface area contributed by atoms with Crippen molar-refractivity contribution >= 4 is 11.6 Å². The SMILES string of the molecule is Fc1ccc(-n2nc(Cn3cncn3)nc2C[C@H]2CNCCO2)cc1Cl. The average molecular weight is 378 g/mol. The van der Waals surface area contributed by atoms with E-state index in [4.69, 9.17) is 16.3 Å². The minimum absolute atomic E-state index is 0.00170. The zero-order valence-corrected chi connectivity index (χ0v) is 14.6. The second-order valence-corrected chi connectivity index (χ2v) is 6.36. The number of halogens is 2. The van der Waals surface area contributed by atoms with Crippen LogP contribution in [0.4, 0.5) is 4.39 Å². The summed E-state index contributed by atoms with van der Waals surface area (Å²) >= 11 is 5.94. The van der Waals surface area contributed by atoms with E-state index in [-0.39, 0.29) is 11.1 Å². The molecule has 1 N–H and O–H groups in total. The molecule has 2 aromatic heterocycles. The maximum absolute atomic E-state index is 13.5. The van der Waals surface area contributed by atoms with Crippen molar-refractivity contribution in [2.24, 2.45) is 0 Å². The summed E-state index contributed by atoms with van der Waals surface area (Å²) in [6, 6.07) is 4.48. The lowest BCUT2D eigenvalue weighted by molar-refractivity contribution is 0.0277. The van der Waals surface area contributed by atoms with Gasteiger partial charge in [-0.05, 0) is 18.2 Å². The summed E-state index contributed by atoms with van der Waals surface area (Å²) in [5.74, 6) is 0.825. The molecule has 0 amide bonds. The highest BCUT2D eigenvalue weighted by atomic mass is 35.5. The molecule has 0 radical (unpaired) electrons. The Morgan fingerprint density at radius 3 is 3.04 bits per heavy atom. The predicted molar refractivity (Wildman–Crippen MR) is 91.8 cm³/mol. The summed E-state index contributed by atoms with van der Waals surface area (Å²) < 4.78 is 22.6. The minimum atomic E-state index is -0.472. The fourth-order valence-electron chi connectivity index (χ4n) is 2.83. The minimum Gasteiger partial charge on any atom is -0.375 e. The van der Waals surface area contributed by atoms with Crippen LogP contribution in [0.15, 0.2) is 30.9 Å². The fraction of sp³-hybridized carbons (Fsp3) is 0.375. The quantitative estimate of drug-likeness (QED) is 0.720. The van der Waals surface area contributed by atoms with Gasteiger partial charge >= 0.3 is 0 Å². The third-order valence-corrected chi connectivity index (χ3v) is 4.34. The van der Waals surface area contributed by atoms with Crippen molar-refractivity contribution in [3.05, 3.63) is 53.3 Å².